The predicted octanol–water partition coefficient (Wildman–Crippen LogP) is 3.00. The SMILES string of the molecule is COc1cc(N)c(Cl)cc1C(=O)NCCC1(N2CCN(C)CC2)CCCCC1. The molecule has 1 aliphatic carbocycles. The Morgan fingerprint density at radius 1 is 1.21 bits per heavy atom. The number of methoxy groups -OCH3 is 1. The van der Waals surface area contributed by atoms with Crippen LogP contribution < -0.4 is 15.8 Å². The number of nitrogens with zero attached hydrogens (tertiary/aromatic N) is 2. The number of nitrogens with two attached hydrogens (primary N) is 1. The van der Waals surface area contributed by atoms with Crippen molar-refractivity contribution in [1.82, 2.24) is 15.1 Å². The van der Waals surface area contributed by atoms with Crippen LogP contribution in [-0.2, 0) is 0 Å². The van der Waals surface area contributed by atoms with Crippen LogP contribution in [0, 0.1) is 0 Å². The van der Waals surface area contributed by atoms with E-state index in [4.69, 9.17) is 22.1 Å². The number of likely N-dealkylation sites (N-methyl/N-ethyl adjacent to an activating group) is 1. The minimum absolute atomic E-state index is 0.164. The van der Waals surface area contributed by atoms with E-state index in [9.17, 15) is 4.79 Å². The molecule has 1 heterocycles. The molecule has 0 spiro atoms. The lowest BCUT2D eigenvalue weighted by Gasteiger charge is -2.49. The molecule has 6 nitrogen and oxygen atoms in total. The second-order valence-corrected chi connectivity index (χ2v) is 8.56. The van der Waals surface area contributed by atoms with Crippen LogP contribution in [0.25, 0.3) is 0 Å². The van der Waals surface area contributed by atoms with E-state index >= 15 is 0 Å². The number of nitrogens with one attached hydrogen (secondary N) is 1. The lowest BCUT2D eigenvalue weighted by Crippen LogP contribution is -2.58. The molecule has 0 aromatic heterocycles. The number of ether oxygens (including phenoxy) is 1. The number of rotatable bonds is 6. The van der Waals surface area contributed by atoms with Crippen LogP contribution in [0.15, 0.2) is 12.1 Å². The number of carbonyl (C=O) groups excluding carboxylic acids is 1. The second kappa shape index (κ2) is 9.33. The summed E-state index contributed by atoms with van der Waals surface area (Å²) < 4.78 is 5.31. The van der Waals surface area contributed by atoms with Crippen molar-refractivity contribution in [2.45, 2.75) is 44.1 Å². The summed E-state index contributed by atoms with van der Waals surface area (Å²) in [4.78, 5) is 17.8. The molecule has 0 unspecified atom stereocenters. The van der Waals surface area contributed by atoms with E-state index in [2.05, 4.69) is 22.2 Å². The van der Waals surface area contributed by atoms with Crippen molar-refractivity contribution < 1.29 is 9.53 Å². The van der Waals surface area contributed by atoms with Gasteiger partial charge in [-0.25, -0.2) is 0 Å². The number of hydrogen-bond acceptors (Lipinski definition) is 5. The Hall–Kier alpha value is -1.50. The highest BCUT2D eigenvalue weighted by molar-refractivity contribution is 6.33. The third-order valence-corrected chi connectivity index (χ3v) is 6.73. The van der Waals surface area contributed by atoms with Gasteiger partial charge < -0.3 is 20.7 Å². The average Bonchev–Trinajstić information content (AvgIpc) is 2.70. The minimum Gasteiger partial charge on any atom is -0.496 e. The molecule has 1 aromatic rings. The van der Waals surface area contributed by atoms with Crippen LogP contribution >= 0.6 is 11.6 Å². The van der Waals surface area contributed by atoms with Crippen molar-refractivity contribution in [2.75, 3.05) is 52.6 Å². The fourth-order valence-electron chi connectivity index (χ4n) is 4.63. The van der Waals surface area contributed by atoms with Gasteiger partial charge in [0.15, 0.2) is 0 Å². The molecule has 3 rings (SSSR count). The molecular weight excluding hydrogens is 376 g/mol. The van der Waals surface area contributed by atoms with Gasteiger partial charge in [0.1, 0.15) is 5.75 Å². The Bertz CT molecular complexity index is 683. The molecule has 156 valence electrons. The lowest BCUT2D eigenvalue weighted by atomic mass is 9.77. The molecule has 0 atom stereocenters. The third-order valence-electron chi connectivity index (χ3n) is 6.40. The average molecular weight is 409 g/mol. The highest BCUT2D eigenvalue weighted by atomic mass is 35.5. The first-order valence-electron chi connectivity index (χ1n) is 10.3. The summed E-state index contributed by atoms with van der Waals surface area (Å²) in [5.74, 6) is 0.286. The molecular formula is C21H33ClN4O2. The largest absolute Gasteiger partial charge is 0.496 e. The number of hydrogen-bond donors (Lipinski definition) is 2. The first-order chi connectivity index (χ1) is 13.4. The smallest absolute Gasteiger partial charge is 0.255 e. The van der Waals surface area contributed by atoms with E-state index in [-0.39, 0.29) is 11.4 Å². The van der Waals surface area contributed by atoms with Crippen molar-refractivity contribution in [1.29, 1.82) is 0 Å². The van der Waals surface area contributed by atoms with E-state index < -0.39 is 0 Å². The maximum Gasteiger partial charge on any atom is 0.255 e. The van der Waals surface area contributed by atoms with Crippen LogP contribution in [0.2, 0.25) is 5.02 Å². The van der Waals surface area contributed by atoms with Crippen LogP contribution in [0.3, 0.4) is 0 Å². The van der Waals surface area contributed by atoms with Crippen molar-refractivity contribution in [3.05, 3.63) is 22.7 Å². The van der Waals surface area contributed by atoms with E-state index in [0.717, 1.165) is 32.6 Å². The van der Waals surface area contributed by atoms with Gasteiger partial charge in [-0.15, -0.1) is 0 Å². The number of piperazine rings is 1. The van der Waals surface area contributed by atoms with Gasteiger partial charge in [-0.1, -0.05) is 30.9 Å². The number of carbonyl (C=O) groups is 1. The molecule has 2 aliphatic rings. The van der Waals surface area contributed by atoms with Crippen molar-refractivity contribution in [2.24, 2.45) is 0 Å². The van der Waals surface area contributed by atoms with Crippen LogP contribution in [-0.4, -0.2) is 68.1 Å². The molecule has 3 N–H and O–H groups in total. The van der Waals surface area contributed by atoms with Crippen LogP contribution in [0.4, 0.5) is 5.69 Å². The Balaban J connectivity index is 1.64. The molecule has 0 bridgehead atoms. The number of benzene rings is 1. The number of halogens is 1. The quantitative estimate of drug-likeness (QED) is 0.708. The summed E-state index contributed by atoms with van der Waals surface area (Å²) in [6.45, 7) is 5.12. The predicted molar refractivity (Wildman–Crippen MR) is 114 cm³/mol. The van der Waals surface area contributed by atoms with Gasteiger partial charge in [0, 0.05) is 44.3 Å². The van der Waals surface area contributed by atoms with E-state index in [1.54, 1.807) is 12.1 Å². The van der Waals surface area contributed by atoms with Gasteiger partial charge in [-0.3, -0.25) is 9.69 Å². The van der Waals surface area contributed by atoms with Crippen molar-refractivity contribution in [3.63, 3.8) is 0 Å². The third kappa shape index (κ3) is 4.73. The maximum absolute atomic E-state index is 12.7. The normalized spacial score (nSPS) is 20.7. The molecule has 1 aromatic carbocycles. The van der Waals surface area contributed by atoms with Gasteiger partial charge in [0.25, 0.3) is 5.91 Å². The van der Waals surface area contributed by atoms with Crippen molar-refractivity contribution in [3.8, 4) is 5.75 Å². The fraction of sp³-hybridized carbons (Fsp3) is 0.667. The topological polar surface area (TPSA) is 70.8 Å². The zero-order valence-electron chi connectivity index (χ0n) is 17.1. The summed E-state index contributed by atoms with van der Waals surface area (Å²) in [5, 5.41) is 3.45. The Labute approximate surface area is 173 Å². The maximum atomic E-state index is 12.7. The monoisotopic (exact) mass is 408 g/mol. The molecule has 1 aliphatic heterocycles. The summed E-state index contributed by atoms with van der Waals surface area (Å²) in [5.41, 5.74) is 6.88. The first-order valence-corrected chi connectivity index (χ1v) is 10.7. The van der Waals surface area contributed by atoms with Gasteiger partial charge in [-0.05, 0) is 32.4 Å². The van der Waals surface area contributed by atoms with E-state index in [0.29, 0.717) is 28.6 Å². The molecule has 28 heavy (non-hydrogen) atoms. The Kier molecular flexibility index (Phi) is 7.07. The fourth-order valence-corrected chi connectivity index (χ4v) is 4.80. The zero-order valence-corrected chi connectivity index (χ0v) is 17.9. The minimum atomic E-state index is -0.164. The van der Waals surface area contributed by atoms with E-state index in [1.807, 2.05) is 0 Å². The molecule has 1 saturated carbocycles. The summed E-state index contributed by atoms with van der Waals surface area (Å²) >= 11 is 6.11. The van der Waals surface area contributed by atoms with Gasteiger partial charge >= 0.3 is 0 Å². The van der Waals surface area contributed by atoms with E-state index in [1.165, 1.54) is 39.2 Å². The summed E-state index contributed by atoms with van der Waals surface area (Å²) in [6.07, 6.45) is 7.31. The van der Waals surface area contributed by atoms with Gasteiger partial charge in [0.05, 0.1) is 23.4 Å². The zero-order chi connectivity index (χ0) is 20.1. The Morgan fingerprint density at radius 2 is 1.89 bits per heavy atom. The number of amides is 1. The standard InChI is InChI=1S/C21H33ClN4O2/c1-25-10-12-26(13-11-25)21(6-4-3-5-7-21)8-9-24-20(27)16-14-17(22)18(23)15-19(16)28-2/h14-15H,3-13,23H2,1-2H3,(H,24,27). The second-order valence-electron chi connectivity index (χ2n) is 8.16. The molecule has 2 fully saturated rings. The summed E-state index contributed by atoms with van der Waals surface area (Å²) in [7, 11) is 3.72. The van der Waals surface area contributed by atoms with Crippen molar-refractivity contribution >= 4 is 23.2 Å². The number of anilines is 1. The number of nitrogen functional groups attached to an aromatic ring is 1. The molecule has 0 radical (unpaired) electrons. The molecule has 1 amide bonds. The molecule has 1 saturated heterocycles. The van der Waals surface area contributed by atoms with Gasteiger partial charge in [-0.2, -0.15) is 0 Å². The van der Waals surface area contributed by atoms with Gasteiger partial charge in [0.2, 0.25) is 0 Å². The molecule has 7 heteroatoms. The van der Waals surface area contributed by atoms with Crippen LogP contribution in [0.1, 0.15) is 48.9 Å². The summed E-state index contributed by atoms with van der Waals surface area (Å²) in [6, 6.07) is 3.19. The lowest BCUT2D eigenvalue weighted by molar-refractivity contribution is 0.00799. The highest BCUT2D eigenvalue weighted by Crippen LogP contribution is 2.37. The first kappa shape index (κ1) is 21.2. The Morgan fingerprint density at radius 3 is 2.54 bits per heavy atom. The highest BCUT2D eigenvalue weighted by Gasteiger charge is 2.38. The van der Waals surface area contributed by atoms with Crippen LogP contribution in [0.5, 0.6) is 5.75 Å².